The Labute approximate surface area is 162 Å². The quantitative estimate of drug-likeness (QED) is 0.679. The molecule has 0 aliphatic heterocycles. The zero-order chi connectivity index (χ0) is 20.5. The van der Waals surface area contributed by atoms with Crippen molar-refractivity contribution < 1.29 is 14.7 Å². The van der Waals surface area contributed by atoms with Crippen molar-refractivity contribution in [1.29, 1.82) is 0 Å². The zero-order valence-electron chi connectivity index (χ0n) is 16.3. The van der Waals surface area contributed by atoms with Crippen LogP contribution < -0.4 is 5.32 Å². The highest BCUT2D eigenvalue weighted by atomic mass is 16.4. The van der Waals surface area contributed by atoms with E-state index in [2.05, 4.69) is 20.6 Å². The molecule has 3 aromatic rings. The lowest BCUT2D eigenvalue weighted by atomic mass is 9.85. The maximum absolute atomic E-state index is 12.8. The minimum absolute atomic E-state index is 0.0768. The van der Waals surface area contributed by atoms with Gasteiger partial charge in [0, 0.05) is 11.6 Å². The van der Waals surface area contributed by atoms with Gasteiger partial charge in [0.1, 0.15) is 0 Å². The second-order valence-electron chi connectivity index (χ2n) is 7.38. The normalized spacial score (nSPS) is 13.5. The number of aromatic nitrogens is 4. The van der Waals surface area contributed by atoms with Crippen molar-refractivity contribution in [3.63, 3.8) is 0 Å². The molecule has 1 amide bonds. The van der Waals surface area contributed by atoms with Gasteiger partial charge >= 0.3 is 5.97 Å². The van der Waals surface area contributed by atoms with Crippen LogP contribution in [0.15, 0.2) is 36.5 Å². The first-order valence-corrected chi connectivity index (χ1v) is 9.03. The van der Waals surface area contributed by atoms with Crippen molar-refractivity contribution in [2.45, 2.75) is 39.7 Å². The second-order valence-corrected chi connectivity index (χ2v) is 7.38. The SMILES string of the molecule is Cc1c(C(=O)NC(C)(CC(=O)O)C(C)C)nnn1-c1cccc2ncccc12. The lowest BCUT2D eigenvalue weighted by molar-refractivity contribution is -0.138. The van der Waals surface area contributed by atoms with Gasteiger partial charge in [0.2, 0.25) is 0 Å². The summed E-state index contributed by atoms with van der Waals surface area (Å²) in [7, 11) is 0. The van der Waals surface area contributed by atoms with Gasteiger partial charge in [-0.2, -0.15) is 0 Å². The molecule has 8 nitrogen and oxygen atoms in total. The van der Waals surface area contributed by atoms with Crippen LogP contribution in [0, 0.1) is 12.8 Å². The van der Waals surface area contributed by atoms with Gasteiger partial charge in [-0.05, 0) is 44.0 Å². The largest absolute Gasteiger partial charge is 0.481 e. The monoisotopic (exact) mass is 381 g/mol. The Balaban J connectivity index is 1.96. The van der Waals surface area contributed by atoms with E-state index in [0.29, 0.717) is 5.69 Å². The predicted molar refractivity (Wildman–Crippen MR) is 104 cm³/mol. The molecular weight excluding hydrogens is 358 g/mol. The Morgan fingerprint density at radius 1 is 1.25 bits per heavy atom. The first kappa shape index (κ1) is 19.5. The van der Waals surface area contributed by atoms with Gasteiger partial charge in [-0.1, -0.05) is 25.1 Å². The first-order valence-electron chi connectivity index (χ1n) is 9.03. The highest BCUT2D eigenvalue weighted by molar-refractivity contribution is 5.94. The van der Waals surface area contributed by atoms with E-state index in [1.54, 1.807) is 24.7 Å². The van der Waals surface area contributed by atoms with Crippen LogP contribution in [0.5, 0.6) is 0 Å². The number of nitrogens with one attached hydrogen (secondary N) is 1. The molecule has 1 unspecified atom stereocenters. The molecule has 1 atom stereocenters. The summed E-state index contributed by atoms with van der Waals surface area (Å²) in [5, 5.41) is 21.1. The van der Waals surface area contributed by atoms with Crippen LogP contribution in [0.1, 0.15) is 43.4 Å². The molecule has 28 heavy (non-hydrogen) atoms. The van der Waals surface area contributed by atoms with Crippen molar-refractivity contribution in [2.24, 2.45) is 5.92 Å². The molecule has 2 heterocycles. The Morgan fingerprint density at radius 3 is 2.68 bits per heavy atom. The smallest absolute Gasteiger partial charge is 0.305 e. The number of carbonyl (C=O) groups excluding carboxylic acids is 1. The molecule has 0 spiro atoms. The van der Waals surface area contributed by atoms with E-state index in [-0.39, 0.29) is 18.0 Å². The number of hydrogen-bond donors (Lipinski definition) is 2. The van der Waals surface area contributed by atoms with Gasteiger partial charge in [-0.15, -0.1) is 5.10 Å². The van der Waals surface area contributed by atoms with Crippen molar-refractivity contribution in [1.82, 2.24) is 25.3 Å². The molecular formula is C20H23N5O3. The highest BCUT2D eigenvalue weighted by Gasteiger charge is 2.34. The lowest BCUT2D eigenvalue weighted by Crippen LogP contribution is -2.51. The fourth-order valence-electron chi connectivity index (χ4n) is 3.06. The summed E-state index contributed by atoms with van der Waals surface area (Å²) in [6.07, 6.45) is 1.53. The highest BCUT2D eigenvalue weighted by Crippen LogP contribution is 2.24. The van der Waals surface area contributed by atoms with Gasteiger partial charge in [0.25, 0.3) is 5.91 Å². The summed E-state index contributed by atoms with van der Waals surface area (Å²) < 4.78 is 1.60. The number of pyridine rings is 1. The molecule has 0 aliphatic rings. The van der Waals surface area contributed by atoms with Crippen LogP contribution in [0.4, 0.5) is 0 Å². The Morgan fingerprint density at radius 2 is 2.00 bits per heavy atom. The third-order valence-corrected chi connectivity index (χ3v) is 5.15. The number of rotatable bonds is 6. The van der Waals surface area contributed by atoms with Crippen LogP contribution in [0.2, 0.25) is 0 Å². The molecule has 1 aromatic carbocycles. The van der Waals surface area contributed by atoms with Crippen LogP contribution in [0.25, 0.3) is 16.6 Å². The summed E-state index contributed by atoms with van der Waals surface area (Å²) in [6.45, 7) is 7.22. The van der Waals surface area contributed by atoms with E-state index >= 15 is 0 Å². The van der Waals surface area contributed by atoms with Crippen LogP contribution in [-0.2, 0) is 4.79 Å². The number of aliphatic carboxylic acids is 1. The molecule has 0 radical (unpaired) electrons. The lowest BCUT2D eigenvalue weighted by Gasteiger charge is -2.33. The molecule has 0 saturated heterocycles. The topological polar surface area (TPSA) is 110 Å². The maximum Gasteiger partial charge on any atom is 0.305 e. The summed E-state index contributed by atoms with van der Waals surface area (Å²) in [5.74, 6) is -1.49. The van der Waals surface area contributed by atoms with Gasteiger partial charge in [0.15, 0.2) is 5.69 Å². The number of carboxylic acid groups (broad SMARTS) is 1. The summed E-state index contributed by atoms with van der Waals surface area (Å²) >= 11 is 0. The fraction of sp³-hybridized carbons (Fsp3) is 0.350. The number of hydrogen-bond acceptors (Lipinski definition) is 5. The number of benzene rings is 1. The first-order chi connectivity index (χ1) is 13.2. The van der Waals surface area contributed by atoms with Crippen LogP contribution in [-0.4, -0.2) is 42.5 Å². The molecule has 3 rings (SSSR count). The molecule has 2 N–H and O–H groups in total. The molecule has 2 aromatic heterocycles. The molecule has 0 aliphatic carbocycles. The Kier molecular flexibility index (Phi) is 5.13. The molecule has 0 saturated carbocycles. The third kappa shape index (κ3) is 3.58. The van der Waals surface area contributed by atoms with E-state index in [1.807, 2.05) is 44.2 Å². The van der Waals surface area contributed by atoms with Crippen LogP contribution in [0.3, 0.4) is 0 Å². The average Bonchev–Trinajstić information content (AvgIpc) is 3.01. The van der Waals surface area contributed by atoms with E-state index in [1.165, 1.54) is 0 Å². The maximum atomic E-state index is 12.8. The molecule has 0 fully saturated rings. The van der Waals surface area contributed by atoms with Crippen molar-refractivity contribution in [2.75, 3.05) is 0 Å². The number of amides is 1. The van der Waals surface area contributed by atoms with Crippen molar-refractivity contribution in [3.05, 3.63) is 47.9 Å². The van der Waals surface area contributed by atoms with Gasteiger partial charge < -0.3 is 10.4 Å². The van der Waals surface area contributed by atoms with Crippen LogP contribution >= 0.6 is 0 Å². The number of fused-ring (bicyclic) bond motifs is 1. The number of nitrogens with zero attached hydrogens (tertiary/aromatic N) is 4. The summed E-state index contributed by atoms with van der Waals surface area (Å²) in [5.41, 5.74) is 1.41. The zero-order valence-corrected chi connectivity index (χ0v) is 16.3. The second kappa shape index (κ2) is 7.38. The van der Waals surface area contributed by atoms with Gasteiger partial charge in [0.05, 0.1) is 28.9 Å². The molecule has 146 valence electrons. The summed E-state index contributed by atoms with van der Waals surface area (Å²) in [6, 6.07) is 9.43. The predicted octanol–water partition coefficient (Wildman–Crippen LogP) is 2.74. The minimum atomic E-state index is -0.972. The minimum Gasteiger partial charge on any atom is -0.481 e. The van der Waals surface area contributed by atoms with Gasteiger partial charge in [-0.25, -0.2) is 4.68 Å². The fourth-order valence-corrected chi connectivity index (χ4v) is 3.06. The standard InChI is InChI=1S/C20H23N5O3/c1-12(2)20(4,11-17(26)27)22-19(28)18-13(3)25(24-23-18)16-9-5-8-15-14(16)7-6-10-21-15/h5-10,12H,11H2,1-4H3,(H,22,28)(H,26,27). The Bertz CT molecular complexity index is 1040. The van der Waals surface area contributed by atoms with Gasteiger partial charge in [-0.3, -0.25) is 14.6 Å². The van der Waals surface area contributed by atoms with Crippen molar-refractivity contribution in [3.8, 4) is 5.69 Å². The van der Waals surface area contributed by atoms with E-state index < -0.39 is 17.4 Å². The van der Waals surface area contributed by atoms with Crippen molar-refractivity contribution >= 4 is 22.8 Å². The number of carbonyl (C=O) groups is 2. The van der Waals surface area contributed by atoms with E-state index in [9.17, 15) is 14.7 Å². The summed E-state index contributed by atoms with van der Waals surface area (Å²) in [4.78, 5) is 28.4. The van der Waals surface area contributed by atoms with E-state index in [0.717, 1.165) is 16.6 Å². The average molecular weight is 381 g/mol. The van der Waals surface area contributed by atoms with E-state index in [4.69, 9.17) is 0 Å². The number of carboxylic acids is 1. The molecule has 8 heteroatoms. The third-order valence-electron chi connectivity index (χ3n) is 5.15. The molecule has 0 bridgehead atoms. The Hall–Kier alpha value is -3.29.